The van der Waals surface area contributed by atoms with Gasteiger partial charge in [-0.2, -0.15) is 0 Å². The molecule has 2 aromatic carbocycles. The van der Waals surface area contributed by atoms with Gasteiger partial charge in [-0.1, -0.05) is 24.3 Å². The smallest absolute Gasteiger partial charge is 0.150 e. The largest absolute Gasteiger partial charge is 0.235 e. The third-order valence-electron chi connectivity index (χ3n) is 2.14. The molecule has 1 nitrogen and oxygen atoms in total. The van der Waals surface area contributed by atoms with Crippen LogP contribution in [0, 0.1) is 0 Å². The van der Waals surface area contributed by atoms with Crippen LogP contribution in [0.5, 0.6) is 0 Å². The van der Waals surface area contributed by atoms with E-state index in [2.05, 4.69) is 12.1 Å². The average Bonchev–Trinajstić information content (AvgIpc) is 2.18. The third-order valence-corrected chi connectivity index (χ3v) is 6.57. The van der Waals surface area contributed by atoms with Crippen molar-refractivity contribution in [1.29, 1.82) is 0 Å². The van der Waals surface area contributed by atoms with Crippen LogP contribution in [0.15, 0.2) is 46.2 Å². The van der Waals surface area contributed by atoms with Gasteiger partial charge in [0.1, 0.15) is 0 Å². The highest BCUT2D eigenvalue weighted by molar-refractivity contribution is 9.02. The third kappa shape index (κ3) is 1.29. The van der Waals surface area contributed by atoms with Crippen molar-refractivity contribution in [2.45, 2.75) is 9.79 Å². The summed E-state index contributed by atoms with van der Waals surface area (Å²) in [6.07, 6.45) is 0. The predicted molar refractivity (Wildman–Crippen MR) is 63.8 cm³/mol. The second-order valence-corrected chi connectivity index (χ2v) is 8.05. The maximum atomic E-state index is 11.5. The van der Waals surface area contributed by atoms with Crippen LogP contribution in [0.25, 0.3) is 10.8 Å². The molecule has 0 saturated carbocycles. The van der Waals surface area contributed by atoms with Crippen LogP contribution < -0.4 is 0 Å². The quantitative estimate of drug-likeness (QED) is 0.653. The predicted octanol–water partition coefficient (Wildman–Crippen LogP) is 3.62. The molecule has 1 heterocycles. The summed E-state index contributed by atoms with van der Waals surface area (Å²) >= 11 is 0. The Balaban J connectivity index is 2.45. The minimum absolute atomic E-state index is 0.875. The van der Waals surface area contributed by atoms with Gasteiger partial charge in [0.15, 0.2) is 8.86 Å². The van der Waals surface area contributed by atoms with Crippen molar-refractivity contribution < 1.29 is 4.21 Å². The van der Waals surface area contributed by atoms with Gasteiger partial charge in [0.2, 0.25) is 0 Å². The lowest BCUT2D eigenvalue weighted by molar-refractivity contribution is 0.699. The molecule has 1 aliphatic rings. The maximum absolute atomic E-state index is 11.5. The topological polar surface area (TPSA) is 17.1 Å². The van der Waals surface area contributed by atoms with Gasteiger partial charge in [-0.05, 0) is 39.1 Å². The second-order valence-electron chi connectivity index (χ2n) is 2.98. The Hall–Kier alpha value is -0.450. The van der Waals surface area contributed by atoms with Gasteiger partial charge in [-0.15, -0.1) is 0 Å². The fraction of sp³-hybridized carbons (Fsp3) is 0. The minimum Gasteiger partial charge on any atom is -0.235 e. The molecule has 0 saturated heterocycles. The fourth-order valence-corrected chi connectivity index (χ4v) is 6.30. The van der Waals surface area contributed by atoms with E-state index < -0.39 is 8.86 Å². The number of hydrogen-bond acceptors (Lipinski definition) is 3. The molecule has 70 valence electrons. The summed E-state index contributed by atoms with van der Waals surface area (Å²) in [5.74, 6) is 0. The van der Waals surface area contributed by atoms with E-state index in [0.29, 0.717) is 0 Å². The summed E-state index contributed by atoms with van der Waals surface area (Å²) < 4.78 is 11.5. The zero-order valence-electron chi connectivity index (χ0n) is 7.10. The summed E-state index contributed by atoms with van der Waals surface area (Å²) in [5, 5.41) is 2.49. The van der Waals surface area contributed by atoms with Crippen molar-refractivity contribution in [3.05, 3.63) is 36.4 Å². The Morgan fingerprint density at radius 3 is 2.07 bits per heavy atom. The molecule has 4 heteroatoms. The van der Waals surface area contributed by atoms with E-state index in [1.807, 2.05) is 24.3 Å². The first-order valence-corrected chi connectivity index (χ1v) is 7.96. The first kappa shape index (κ1) is 8.83. The lowest BCUT2D eigenvalue weighted by Crippen LogP contribution is -1.89. The monoisotopic (exact) mass is 238 g/mol. The van der Waals surface area contributed by atoms with Crippen LogP contribution in [0.3, 0.4) is 0 Å². The molecule has 0 spiro atoms. The standard InChI is InChI=1S/C10H6OS3/c11-14-12-8-5-1-3-7-4-2-6-9(13-14)10(7)8/h1-6H. The van der Waals surface area contributed by atoms with Crippen molar-refractivity contribution in [2.24, 2.45) is 0 Å². The molecule has 0 fully saturated rings. The summed E-state index contributed by atoms with van der Waals surface area (Å²) in [6.45, 7) is 0. The van der Waals surface area contributed by atoms with E-state index in [1.165, 1.54) is 32.4 Å². The van der Waals surface area contributed by atoms with E-state index in [4.69, 9.17) is 0 Å². The molecule has 14 heavy (non-hydrogen) atoms. The van der Waals surface area contributed by atoms with E-state index >= 15 is 0 Å². The molecule has 3 rings (SSSR count). The summed E-state index contributed by atoms with van der Waals surface area (Å²) in [7, 11) is 2.00. The first-order chi connectivity index (χ1) is 6.84. The lowest BCUT2D eigenvalue weighted by Gasteiger charge is -2.14. The SMILES string of the molecule is O=S1Sc2cccc3cccc(c23)S1. The Labute approximate surface area is 91.5 Å². The van der Waals surface area contributed by atoms with Crippen LogP contribution in [0.4, 0.5) is 0 Å². The normalized spacial score (nSPS) is 16.0. The molecular weight excluding hydrogens is 232 g/mol. The highest BCUT2D eigenvalue weighted by Crippen LogP contribution is 2.46. The van der Waals surface area contributed by atoms with Gasteiger partial charge in [0, 0.05) is 15.2 Å². The minimum atomic E-state index is -0.875. The zero-order chi connectivity index (χ0) is 9.54. The molecule has 0 bridgehead atoms. The van der Waals surface area contributed by atoms with E-state index in [1.54, 1.807) is 0 Å². The van der Waals surface area contributed by atoms with Gasteiger partial charge in [-0.25, -0.2) is 4.21 Å². The fourth-order valence-electron chi connectivity index (χ4n) is 1.58. The molecule has 1 aliphatic heterocycles. The van der Waals surface area contributed by atoms with Gasteiger partial charge in [-0.3, -0.25) is 0 Å². The highest BCUT2D eigenvalue weighted by atomic mass is 33.5. The molecular formula is C10H6OS3. The molecule has 0 aliphatic carbocycles. The Kier molecular flexibility index (Phi) is 2.08. The number of benzene rings is 2. The lowest BCUT2D eigenvalue weighted by atomic mass is 10.1. The summed E-state index contributed by atoms with van der Waals surface area (Å²) in [5.41, 5.74) is 0. The molecule has 0 amide bonds. The summed E-state index contributed by atoms with van der Waals surface area (Å²) in [4.78, 5) is 2.27. The van der Waals surface area contributed by atoms with Crippen molar-refractivity contribution in [1.82, 2.24) is 0 Å². The van der Waals surface area contributed by atoms with E-state index in [-0.39, 0.29) is 0 Å². The van der Waals surface area contributed by atoms with Crippen molar-refractivity contribution >= 4 is 41.2 Å². The highest BCUT2D eigenvalue weighted by Gasteiger charge is 2.17. The van der Waals surface area contributed by atoms with E-state index in [9.17, 15) is 4.21 Å². The second kappa shape index (κ2) is 3.29. The molecule has 0 aromatic heterocycles. The molecule has 0 atom stereocenters. The zero-order valence-corrected chi connectivity index (χ0v) is 9.55. The molecule has 2 aromatic rings. The Morgan fingerprint density at radius 2 is 1.50 bits per heavy atom. The van der Waals surface area contributed by atoms with Crippen LogP contribution in [-0.4, -0.2) is 4.21 Å². The van der Waals surface area contributed by atoms with Crippen LogP contribution in [0.2, 0.25) is 0 Å². The van der Waals surface area contributed by atoms with E-state index in [0.717, 1.165) is 9.79 Å². The average molecular weight is 238 g/mol. The van der Waals surface area contributed by atoms with Crippen LogP contribution in [0.1, 0.15) is 0 Å². The Morgan fingerprint density at radius 1 is 0.929 bits per heavy atom. The van der Waals surface area contributed by atoms with Gasteiger partial charge in [0.05, 0.1) is 0 Å². The van der Waals surface area contributed by atoms with Crippen LogP contribution >= 0.6 is 21.6 Å². The Bertz CT molecular complexity index is 493. The summed E-state index contributed by atoms with van der Waals surface area (Å²) in [6, 6.07) is 12.3. The number of rotatable bonds is 0. The van der Waals surface area contributed by atoms with Crippen molar-refractivity contribution in [2.75, 3.05) is 0 Å². The first-order valence-electron chi connectivity index (χ1n) is 4.15. The van der Waals surface area contributed by atoms with Gasteiger partial charge in [0.25, 0.3) is 0 Å². The number of hydrogen-bond donors (Lipinski definition) is 0. The molecule has 0 unspecified atom stereocenters. The van der Waals surface area contributed by atoms with Crippen molar-refractivity contribution in [3.63, 3.8) is 0 Å². The van der Waals surface area contributed by atoms with Gasteiger partial charge >= 0.3 is 0 Å². The molecule has 0 radical (unpaired) electrons. The van der Waals surface area contributed by atoms with Gasteiger partial charge < -0.3 is 0 Å². The van der Waals surface area contributed by atoms with Crippen LogP contribution in [-0.2, 0) is 8.86 Å². The van der Waals surface area contributed by atoms with Crippen molar-refractivity contribution in [3.8, 4) is 0 Å². The maximum Gasteiger partial charge on any atom is 0.150 e. The molecule has 0 N–H and O–H groups in total.